The summed E-state index contributed by atoms with van der Waals surface area (Å²) in [4.78, 5) is 7.03. The second-order valence-electron chi connectivity index (χ2n) is 15.8. The maximum atomic E-state index is 2.41. The van der Waals surface area contributed by atoms with Crippen molar-refractivity contribution < 1.29 is 0 Å². The van der Waals surface area contributed by atoms with Crippen molar-refractivity contribution in [2.75, 3.05) is 9.80 Å². The van der Waals surface area contributed by atoms with Crippen molar-refractivity contribution in [3.8, 4) is 33.4 Å². The van der Waals surface area contributed by atoms with Gasteiger partial charge in [0.1, 0.15) is 0 Å². The first-order valence-corrected chi connectivity index (χ1v) is 21.4. The maximum Gasteiger partial charge on any atom is 0.0462 e. The van der Waals surface area contributed by atoms with Gasteiger partial charge in [-0.15, -0.1) is 0 Å². The fourth-order valence-corrected chi connectivity index (χ4v) is 9.43. The molecule has 0 aromatic heterocycles. The normalized spacial score (nSPS) is 12.4. The molecule has 9 aromatic carbocycles. The van der Waals surface area contributed by atoms with Gasteiger partial charge >= 0.3 is 0 Å². The molecule has 0 saturated carbocycles. The summed E-state index contributed by atoms with van der Waals surface area (Å²) in [6.07, 6.45) is 0. The lowest BCUT2D eigenvalue weighted by Gasteiger charge is -2.25. The Morgan fingerprint density at radius 2 is 0.583 bits per heavy atom. The van der Waals surface area contributed by atoms with Crippen molar-refractivity contribution in [1.82, 2.24) is 0 Å². The molecule has 9 aromatic rings. The molecule has 0 heterocycles. The topological polar surface area (TPSA) is 6.48 Å². The Labute approximate surface area is 358 Å². The molecule has 0 saturated heterocycles. The smallest absolute Gasteiger partial charge is 0.0462 e. The molecule has 0 spiro atoms. The van der Waals surface area contributed by atoms with Crippen LogP contribution in [0.15, 0.2) is 240 Å². The zero-order chi connectivity index (χ0) is 40.5. The quantitative estimate of drug-likeness (QED) is 0.136. The molecule has 288 valence electrons. The lowest BCUT2D eigenvalue weighted by Crippen LogP contribution is -2.15. The zero-order valence-electron chi connectivity index (χ0n) is 33.7. The Morgan fingerprint density at radius 1 is 0.300 bits per heavy atom. The number of para-hydroxylation sites is 4. The summed E-state index contributed by atoms with van der Waals surface area (Å²) in [7, 11) is 0. The van der Waals surface area contributed by atoms with Gasteiger partial charge in [0, 0.05) is 49.3 Å². The first kappa shape index (κ1) is 37.2. The number of fused-ring (bicyclic) bond motifs is 3. The number of nitrogens with zero attached hydrogens (tertiary/aromatic N) is 2. The Bertz CT molecular complexity index is 2790. The predicted octanol–water partition coefficient (Wildman–Crippen LogP) is 16.4. The van der Waals surface area contributed by atoms with Crippen LogP contribution in [0, 0.1) is 0 Å². The molecule has 1 aliphatic rings. The molecule has 0 radical (unpaired) electrons. The van der Waals surface area contributed by atoms with Crippen LogP contribution in [0.1, 0.15) is 25.0 Å². The Kier molecular flexibility index (Phi) is 9.89. The van der Waals surface area contributed by atoms with Crippen LogP contribution in [0.2, 0.25) is 0 Å². The van der Waals surface area contributed by atoms with Crippen LogP contribution in [0.4, 0.5) is 34.1 Å². The Balaban J connectivity index is 0.862. The van der Waals surface area contributed by atoms with Gasteiger partial charge in [-0.3, -0.25) is 0 Å². The average molecular weight is 789 g/mol. The van der Waals surface area contributed by atoms with E-state index >= 15 is 0 Å². The van der Waals surface area contributed by atoms with Crippen LogP contribution in [-0.2, 0) is 5.41 Å². The largest absolute Gasteiger partial charge is 0.311 e. The number of hydrogen-bond donors (Lipinski definition) is 0. The standard InChI is InChI=1S/C57H44N2S/c1-57(2)55-39-43(41-23-29-49(30-24-41)58(45-15-7-3-8-16-45)46-17-9-4-10-18-46)27-37-53(55)54-38-28-44(40-56(54)57)42-25-33-51(34-26-42)60-52-35-31-50(32-36-52)59(47-19-11-5-12-20-47)48-21-13-6-14-22-48/h3-40H,1-2H3. The van der Waals surface area contributed by atoms with E-state index in [9.17, 15) is 0 Å². The molecule has 2 nitrogen and oxygen atoms in total. The van der Waals surface area contributed by atoms with E-state index in [0.29, 0.717) is 0 Å². The maximum absolute atomic E-state index is 2.41. The van der Waals surface area contributed by atoms with Crippen molar-refractivity contribution in [3.05, 3.63) is 242 Å². The number of anilines is 6. The summed E-state index contributed by atoms with van der Waals surface area (Å²) in [5.41, 5.74) is 17.0. The van der Waals surface area contributed by atoms with Gasteiger partial charge < -0.3 is 9.80 Å². The van der Waals surface area contributed by atoms with Crippen LogP contribution in [0.3, 0.4) is 0 Å². The van der Waals surface area contributed by atoms with Crippen molar-refractivity contribution >= 4 is 45.9 Å². The minimum absolute atomic E-state index is 0.132. The molecule has 3 heteroatoms. The minimum atomic E-state index is -0.132. The molecule has 0 aliphatic heterocycles. The van der Waals surface area contributed by atoms with E-state index in [1.165, 1.54) is 54.3 Å². The summed E-state index contributed by atoms with van der Waals surface area (Å²) in [5, 5.41) is 0. The van der Waals surface area contributed by atoms with Gasteiger partial charge in [0.25, 0.3) is 0 Å². The lowest BCUT2D eigenvalue weighted by atomic mass is 9.81. The first-order chi connectivity index (χ1) is 29.5. The van der Waals surface area contributed by atoms with Crippen molar-refractivity contribution in [2.24, 2.45) is 0 Å². The van der Waals surface area contributed by atoms with E-state index in [0.717, 1.165) is 34.1 Å². The van der Waals surface area contributed by atoms with Crippen LogP contribution in [0.5, 0.6) is 0 Å². The SMILES string of the molecule is CC1(C)c2cc(-c3ccc(Sc4ccc(N(c5ccccc5)c5ccccc5)cc4)cc3)ccc2-c2ccc(-c3ccc(N(c4ccccc4)c4ccccc4)cc3)cc21. The molecule has 0 fully saturated rings. The molecule has 0 bridgehead atoms. The van der Waals surface area contributed by atoms with Crippen LogP contribution >= 0.6 is 11.8 Å². The van der Waals surface area contributed by atoms with Crippen molar-refractivity contribution in [2.45, 2.75) is 29.1 Å². The molecular weight excluding hydrogens is 745 g/mol. The Hall–Kier alpha value is -7.07. The third-order valence-electron chi connectivity index (χ3n) is 11.7. The van der Waals surface area contributed by atoms with Crippen molar-refractivity contribution in [1.29, 1.82) is 0 Å². The molecule has 0 atom stereocenters. The predicted molar refractivity (Wildman–Crippen MR) is 255 cm³/mol. The van der Waals surface area contributed by atoms with E-state index in [-0.39, 0.29) is 5.41 Å². The zero-order valence-corrected chi connectivity index (χ0v) is 34.6. The number of benzene rings is 9. The van der Waals surface area contributed by atoms with Gasteiger partial charge in [-0.05, 0) is 154 Å². The van der Waals surface area contributed by atoms with Gasteiger partial charge in [-0.25, -0.2) is 0 Å². The van der Waals surface area contributed by atoms with E-state index in [4.69, 9.17) is 0 Å². The number of hydrogen-bond acceptors (Lipinski definition) is 3. The Morgan fingerprint density at radius 3 is 0.950 bits per heavy atom. The highest BCUT2D eigenvalue weighted by atomic mass is 32.2. The second kappa shape index (κ2) is 15.9. The summed E-state index contributed by atoms with van der Waals surface area (Å²) in [6, 6.07) is 83.2. The van der Waals surface area contributed by atoms with Gasteiger partial charge in [0.05, 0.1) is 0 Å². The third-order valence-corrected chi connectivity index (χ3v) is 12.7. The summed E-state index contributed by atoms with van der Waals surface area (Å²) in [5.74, 6) is 0. The second-order valence-corrected chi connectivity index (χ2v) is 17.0. The molecule has 10 rings (SSSR count). The third kappa shape index (κ3) is 7.19. The van der Waals surface area contributed by atoms with Crippen LogP contribution in [0.25, 0.3) is 33.4 Å². The fraction of sp³-hybridized carbons (Fsp3) is 0.0526. The van der Waals surface area contributed by atoms with Crippen LogP contribution in [-0.4, -0.2) is 0 Å². The average Bonchev–Trinajstić information content (AvgIpc) is 3.53. The first-order valence-electron chi connectivity index (χ1n) is 20.6. The van der Waals surface area contributed by atoms with Gasteiger partial charge in [-0.1, -0.05) is 147 Å². The van der Waals surface area contributed by atoms with Crippen LogP contribution < -0.4 is 9.80 Å². The van der Waals surface area contributed by atoms with Gasteiger partial charge in [-0.2, -0.15) is 0 Å². The van der Waals surface area contributed by atoms with Gasteiger partial charge in [0.2, 0.25) is 0 Å². The summed E-state index contributed by atoms with van der Waals surface area (Å²) >= 11 is 1.79. The van der Waals surface area contributed by atoms with E-state index in [1.807, 2.05) is 0 Å². The molecule has 60 heavy (non-hydrogen) atoms. The lowest BCUT2D eigenvalue weighted by molar-refractivity contribution is 0.661. The highest BCUT2D eigenvalue weighted by Gasteiger charge is 2.36. The van der Waals surface area contributed by atoms with E-state index in [2.05, 4.69) is 254 Å². The molecule has 1 aliphatic carbocycles. The minimum Gasteiger partial charge on any atom is -0.311 e. The van der Waals surface area contributed by atoms with Crippen molar-refractivity contribution in [3.63, 3.8) is 0 Å². The highest BCUT2D eigenvalue weighted by molar-refractivity contribution is 7.99. The summed E-state index contributed by atoms with van der Waals surface area (Å²) in [6.45, 7) is 4.74. The molecule has 0 amide bonds. The van der Waals surface area contributed by atoms with Gasteiger partial charge in [0.15, 0.2) is 0 Å². The van der Waals surface area contributed by atoms with E-state index < -0.39 is 0 Å². The van der Waals surface area contributed by atoms with E-state index in [1.54, 1.807) is 11.8 Å². The fourth-order valence-electron chi connectivity index (χ4n) is 8.62. The molecular formula is C57H44N2S. The molecule has 0 N–H and O–H groups in total. The highest BCUT2D eigenvalue weighted by Crippen LogP contribution is 2.51. The monoisotopic (exact) mass is 788 g/mol. The molecule has 0 unspecified atom stereocenters. The number of rotatable bonds is 10. The summed E-state index contributed by atoms with van der Waals surface area (Å²) < 4.78 is 0.